The molecule has 0 N–H and O–H groups in total. The van der Waals surface area contributed by atoms with Crippen LogP contribution in [-0.2, 0) is 4.79 Å². The van der Waals surface area contributed by atoms with Gasteiger partial charge in [0.25, 0.3) is 0 Å². The molecule has 0 saturated heterocycles. The Hall–Kier alpha value is -2.86. The van der Waals surface area contributed by atoms with Gasteiger partial charge in [0.2, 0.25) is 5.75 Å². The Labute approximate surface area is 163 Å². The first-order chi connectivity index (χ1) is 13.0. The molecule has 0 amide bonds. The molecule has 2 rings (SSSR count). The van der Waals surface area contributed by atoms with Crippen molar-refractivity contribution in [3.63, 3.8) is 0 Å². The van der Waals surface area contributed by atoms with E-state index in [0.29, 0.717) is 46.2 Å². The fourth-order valence-corrected chi connectivity index (χ4v) is 2.88. The van der Waals surface area contributed by atoms with E-state index in [1.165, 1.54) is 28.4 Å². The first-order valence-corrected chi connectivity index (χ1v) is 8.30. The summed E-state index contributed by atoms with van der Waals surface area (Å²) in [6.45, 7) is 0. The molecule has 2 aromatic rings. The predicted octanol–water partition coefficient (Wildman–Crippen LogP) is 4.04. The lowest BCUT2D eigenvalue weighted by molar-refractivity contribution is -0.103. The van der Waals surface area contributed by atoms with Gasteiger partial charge in [-0.05, 0) is 41.5 Å². The molecular weight excluding hydrogens is 372 g/mol. The van der Waals surface area contributed by atoms with Crippen molar-refractivity contribution in [2.24, 2.45) is 0 Å². The number of ether oxygens (including phenoxy) is 5. The second kappa shape index (κ2) is 9.19. The van der Waals surface area contributed by atoms with Crippen molar-refractivity contribution < 1.29 is 28.5 Å². The summed E-state index contributed by atoms with van der Waals surface area (Å²) in [6, 6.07) is 8.48. The minimum absolute atomic E-state index is 0.250. The van der Waals surface area contributed by atoms with Crippen LogP contribution in [0.2, 0.25) is 0 Å². The Bertz CT molecular complexity index is 835. The molecule has 0 aliphatic heterocycles. The molecule has 0 unspecified atom stereocenters. The normalized spacial score (nSPS) is 11.3. The molecule has 0 radical (unpaired) electrons. The highest BCUT2D eigenvalue weighted by atomic mass is 35.5. The Morgan fingerprint density at radius 1 is 0.741 bits per heavy atom. The molecular formula is C20H21ClO6. The molecule has 0 bridgehead atoms. The average Bonchev–Trinajstić information content (AvgIpc) is 2.72. The molecule has 0 aliphatic rings. The van der Waals surface area contributed by atoms with Crippen LogP contribution < -0.4 is 23.7 Å². The van der Waals surface area contributed by atoms with Crippen LogP contribution in [-0.4, -0.2) is 41.8 Å². The molecule has 0 aliphatic carbocycles. The zero-order valence-electron chi connectivity index (χ0n) is 15.8. The summed E-state index contributed by atoms with van der Waals surface area (Å²) < 4.78 is 26.5. The maximum atomic E-state index is 11.8. The molecule has 2 aromatic carbocycles. The highest BCUT2D eigenvalue weighted by Gasteiger charge is 2.18. The van der Waals surface area contributed by atoms with Gasteiger partial charge in [-0.1, -0.05) is 11.6 Å². The van der Waals surface area contributed by atoms with Gasteiger partial charge in [0.05, 0.1) is 40.6 Å². The smallest absolute Gasteiger partial charge is 0.203 e. The fourth-order valence-electron chi connectivity index (χ4n) is 2.61. The number of benzene rings is 2. The average molecular weight is 393 g/mol. The van der Waals surface area contributed by atoms with Gasteiger partial charge in [0.1, 0.15) is 0 Å². The molecule has 27 heavy (non-hydrogen) atoms. The quantitative estimate of drug-likeness (QED) is 0.384. The number of methoxy groups -OCH3 is 5. The van der Waals surface area contributed by atoms with E-state index in [2.05, 4.69) is 0 Å². The monoisotopic (exact) mass is 392 g/mol. The number of aldehydes is 1. The summed E-state index contributed by atoms with van der Waals surface area (Å²) in [7, 11) is 7.58. The van der Waals surface area contributed by atoms with Crippen molar-refractivity contribution >= 4 is 28.5 Å². The molecule has 6 nitrogen and oxygen atoms in total. The highest BCUT2D eigenvalue weighted by molar-refractivity contribution is 6.55. The van der Waals surface area contributed by atoms with Crippen LogP contribution in [0.1, 0.15) is 11.1 Å². The fraction of sp³-hybridized carbons (Fsp3) is 0.250. The maximum Gasteiger partial charge on any atom is 0.203 e. The summed E-state index contributed by atoms with van der Waals surface area (Å²) in [5, 5.41) is 0.250. The molecule has 0 atom stereocenters. The third-order valence-electron chi connectivity index (χ3n) is 3.97. The number of rotatable bonds is 8. The minimum Gasteiger partial charge on any atom is -0.493 e. The number of carbonyl (C=O) groups is 1. The number of carbonyl (C=O) groups excluding carboxylic acids is 1. The lowest BCUT2D eigenvalue weighted by Crippen LogP contribution is -1.98. The van der Waals surface area contributed by atoms with Gasteiger partial charge in [0, 0.05) is 5.57 Å². The third kappa shape index (κ3) is 4.11. The summed E-state index contributed by atoms with van der Waals surface area (Å²) in [4.78, 5) is 11.8. The topological polar surface area (TPSA) is 63.2 Å². The van der Waals surface area contributed by atoms with E-state index in [1.54, 1.807) is 37.4 Å². The van der Waals surface area contributed by atoms with Crippen molar-refractivity contribution in [1.29, 1.82) is 0 Å². The van der Waals surface area contributed by atoms with Gasteiger partial charge in [-0.3, -0.25) is 4.79 Å². The minimum atomic E-state index is 0.250. The Morgan fingerprint density at radius 3 is 1.70 bits per heavy atom. The summed E-state index contributed by atoms with van der Waals surface area (Å²) in [5.74, 6) is 2.33. The lowest BCUT2D eigenvalue weighted by atomic mass is 10.0. The number of allylic oxidation sites excluding steroid dienone is 1. The van der Waals surface area contributed by atoms with Crippen LogP contribution >= 0.6 is 11.6 Å². The molecule has 0 fully saturated rings. The Balaban J connectivity index is 2.65. The van der Waals surface area contributed by atoms with E-state index in [1.807, 2.05) is 0 Å². The van der Waals surface area contributed by atoms with Crippen molar-refractivity contribution in [2.75, 3.05) is 35.5 Å². The second-order valence-corrected chi connectivity index (χ2v) is 5.71. The van der Waals surface area contributed by atoms with E-state index in [4.69, 9.17) is 35.3 Å². The maximum absolute atomic E-state index is 11.8. The first-order valence-electron chi connectivity index (χ1n) is 7.92. The van der Waals surface area contributed by atoms with E-state index < -0.39 is 0 Å². The zero-order valence-corrected chi connectivity index (χ0v) is 16.5. The molecule has 144 valence electrons. The van der Waals surface area contributed by atoms with Crippen LogP contribution in [0, 0.1) is 0 Å². The standard InChI is InChI=1S/C20H21ClO6/c1-23-15-7-6-12(8-16(15)24-2)19(21)14(11-22)13-9-17(25-3)20(27-5)18(10-13)26-4/h6-11H,1-5H3/b19-14-. The van der Waals surface area contributed by atoms with Gasteiger partial charge >= 0.3 is 0 Å². The van der Waals surface area contributed by atoms with Crippen molar-refractivity contribution in [3.05, 3.63) is 41.5 Å². The van der Waals surface area contributed by atoms with Crippen LogP contribution in [0.15, 0.2) is 30.3 Å². The molecule has 7 heteroatoms. The van der Waals surface area contributed by atoms with Gasteiger partial charge in [0.15, 0.2) is 29.3 Å². The van der Waals surface area contributed by atoms with E-state index in [-0.39, 0.29) is 10.6 Å². The lowest BCUT2D eigenvalue weighted by Gasteiger charge is -2.15. The molecule has 0 aromatic heterocycles. The summed E-state index contributed by atoms with van der Waals surface area (Å²) in [6.07, 6.45) is 0.680. The SMILES string of the molecule is COc1ccc(/C(Cl)=C(\C=O)c2cc(OC)c(OC)c(OC)c2)cc1OC. The van der Waals surface area contributed by atoms with Crippen LogP contribution in [0.5, 0.6) is 28.7 Å². The van der Waals surface area contributed by atoms with Crippen molar-refractivity contribution in [3.8, 4) is 28.7 Å². The second-order valence-electron chi connectivity index (χ2n) is 5.33. The Kier molecular flexibility index (Phi) is 6.96. The van der Waals surface area contributed by atoms with E-state index in [9.17, 15) is 4.79 Å². The van der Waals surface area contributed by atoms with Gasteiger partial charge in [-0.25, -0.2) is 0 Å². The summed E-state index contributed by atoms with van der Waals surface area (Å²) >= 11 is 6.54. The van der Waals surface area contributed by atoms with Crippen LogP contribution in [0.3, 0.4) is 0 Å². The molecule has 0 saturated carbocycles. The van der Waals surface area contributed by atoms with Crippen LogP contribution in [0.4, 0.5) is 0 Å². The van der Waals surface area contributed by atoms with E-state index in [0.717, 1.165) is 0 Å². The Morgan fingerprint density at radius 2 is 1.26 bits per heavy atom. The molecule has 0 heterocycles. The van der Waals surface area contributed by atoms with Gasteiger partial charge in [-0.15, -0.1) is 0 Å². The largest absolute Gasteiger partial charge is 0.493 e. The van der Waals surface area contributed by atoms with Crippen molar-refractivity contribution in [2.45, 2.75) is 0 Å². The number of hydrogen-bond donors (Lipinski definition) is 0. The highest BCUT2D eigenvalue weighted by Crippen LogP contribution is 2.42. The van der Waals surface area contributed by atoms with Gasteiger partial charge < -0.3 is 23.7 Å². The van der Waals surface area contributed by atoms with Crippen LogP contribution in [0.25, 0.3) is 10.6 Å². The zero-order chi connectivity index (χ0) is 20.0. The van der Waals surface area contributed by atoms with E-state index >= 15 is 0 Å². The number of hydrogen-bond acceptors (Lipinski definition) is 6. The van der Waals surface area contributed by atoms with Crippen molar-refractivity contribution in [1.82, 2.24) is 0 Å². The van der Waals surface area contributed by atoms with Gasteiger partial charge in [-0.2, -0.15) is 0 Å². The third-order valence-corrected chi connectivity index (χ3v) is 4.39. The molecule has 0 spiro atoms. The summed E-state index contributed by atoms with van der Waals surface area (Å²) in [5.41, 5.74) is 1.40. The first kappa shape index (κ1) is 20.5. The predicted molar refractivity (Wildman–Crippen MR) is 104 cm³/mol. The number of halogens is 1.